The van der Waals surface area contributed by atoms with Gasteiger partial charge in [0.05, 0.1) is 6.04 Å². The molecule has 3 nitrogen and oxygen atoms in total. The second-order valence-corrected chi connectivity index (χ2v) is 6.02. The van der Waals surface area contributed by atoms with Crippen LogP contribution in [0.3, 0.4) is 0 Å². The highest BCUT2D eigenvalue weighted by Gasteiger charge is 2.26. The van der Waals surface area contributed by atoms with Gasteiger partial charge in [-0.15, -0.1) is 0 Å². The van der Waals surface area contributed by atoms with Crippen LogP contribution in [0.15, 0.2) is 0 Å². The summed E-state index contributed by atoms with van der Waals surface area (Å²) in [4.78, 5) is 11.7. The molecule has 1 atom stereocenters. The molecule has 0 aromatic carbocycles. The third-order valence-electron chi connectivity index (χ3n) is 2.72. The summed E-state index contributed by atoms with van der Waals surface area (Å²) in [5.41, 5.74) is 5.68. The van der Waals surface area contributed by atoms with Gasteiger partial charge in [0.1, 0.15) is 0 Å². The van der Waals surface area contributed by atoms with Gasteiger partial charge >= 0.3 is 0 Å². The number of nitrogens with one attached hydrogen (secondary N) is 1. The van der Waals surface area contributed by atoms with Crippen molar-refractivity contribution < 1.29 is 4.79 Å². The Labute approximate surface area is 100 Å². The average Bonchev–Trinajstić information content (AvgIpc) is 2.13. The van der Waals surface area contributed by atoms with Crippen molar-refractivity contribution in [2.75, 3.05) is 6.54 Å². The summed E-state index contributed by atoms with van der Waals surface area (Å²) in [5, 5.41) is 2.90. The van der Waals surface area contributed by atoms with Crippen LogP contribution in [0, 0.1) is 11.3 Å². The first-order valence-electron chi connectivity index (χ1n) is 6.28. The molecule has 0 saturated heterocycles. The number of rotatable bonds is 6. The molecular formula is C13H28N2O. The lowest BCUT2D eigenvalue weighted by molar-refractivity contribution is -0.124. The average molecular weight is 228 g/mol. The molecule has 0 spiro atoms. The van der Waals surface area contributed by atoms with E-state index in [0.29, 0.717) is 0 Å². The Morgan fingerprint density at radius 1 is 1.25 bits per heavy atom. The van der Waals surface area contributed by atoms with Crippen LogP contribution in [0.1, 0.15) is 53.9 Å². The van der Waals surface area contributed by atoms with Crippen molar-refractivity contribution in [1.82, 2.24) is 5.32 Å². The summed E-state index contributed by atoms with van der Waals surface area (Å²) in [6, 6.07) is -0.419. The second kappa shape index (κ2) is 6.89. The molecule has 0 aliphatic heterocycles. The van der Waals surface area contributed by atoms with Gasteiger partial charge in [-0.25, -0.2) is 0 Å². The van der Waals surface area contributed by atoms with Crippen molar-refractivity contribution >= 4 is 5.91 Å². The first kappa shape index (κ1) is 15.4. The van der Waals surface area contributed by atoms with Crippen molar-refractivity contribution in [3.8, 4) is 0 Å². The van der Waals surface area contributed by atoms with Crippen LogP contribution >= 0.6 is 0 Å². The Kier molecular flexibility index (Phi) is 6.65. The second-order valence-electron chi connectivity index (χ2n) is 6.02. The summed E-state index contributed by atoms with van der Waals surface area (Å²) in [5.74, 6) is 0.713. The molecule has 1 amide bonds. The first-order chi connectivity index (χ1) is 7.25. The minimum absolute atomic E-state index is 0.0305. The molecule has 0 aliphatic carbocycles. The minimum atomic E-state index is -0.419. The van der Waals surface area contributed by atoms with Crippen LogP contribution in [-0.2, 0) is 4.79 Å². The van der Waals surface area contributed by atoms with Crippen molar-refractivity contribution in [2.24, 2.45) is 17.1 Å². The van der Waals surface area contributed by atoms with Gasteiger partial charge in [0.25, 0.3) is 0 Å². The van der Waals surface area contributed by atoms with Gasteiger partial charge in [-0.2, -0.15) is 0 Å². The number of carbonyl (C=O) groups excluding carboxylic acids is 1. The van der Waals surface area contributed by atoms with Crippen molar-refractivity contribution in [3.63, 3.8) is 0 Å². The highest BCUT2D eigenvalue weighted by atomic mass is 16.2. The van der Waals surface area contributed by atoms with Crippen molar-refractivity contribution in [3.05, 3.63) is 0 Å². The number of unbranched alkanes of at least 4 members (excludes halogenated alkanes) is 1. The van der Waals surface area contributed by atoms with Gasteiger partial charge in [0, 0.05) is 6.54 Å². The summed E-state index contributed by atoms with van der Waals surface area (Å²) < 4.78 is 0. The molecule has 0 aliphatic rings. The highest BCUT2D eigenvalue weighted by molar-refractivity contribution is 5.82. The standard InChI is InChI=1S/C13H28N2O/c1-10(2)8-6-7-9-15-12(16)11(14)13(3,4)5/h10-11H,6-9,14H2,1-5H3,(H,15,16)/t11-/m1/s1. The maximum Gasteiger partial charge on any atom is 0.237 e. The minimum Gasteiger partial charge on any atom is -0.355 e. The molecule has 0 unspecified atom stereocenters. The largest absolute Gasteiger partial charge is 0.355 e. The molecular weight excluding hydrogens is 200 g/mol. The number of amides is 1. The fourth-order valence-electron chi connectivity index (χ4n) is 1.39. The van der Waals surface area contributed by atoms with Crippen LogP contribution in [0.2, 0.25) is 0 Å². The summed E-state index contributed by atoms with van der Waals surface area (Å²) in [6.07, 6.45) is 3.44. The van der Waals surface area contributed by atoms with E-state index in [4.69, 9.17) is 5.73 Å². The predicted molar refractivity (Wildman–Crippen MR) is 69.1 cm³/mol. The molecule has 0 aromatic rings. The Hall–Kier alpha value is -0.570. The molecule has 0 fully saturated rings. The van der Waals surface area contributed by atoms with Crippen LogP contribution < -0.4 is 11.1 Å². The molecule has 0 radical (unpaired) electrons. The Morgan fingerprint density at radius 2 is 1.81 bits per heavy atom. The fourth-order valence-corrected chi connectivity index (χ4v) is 1.39. The van der Waals surface area contributed by atoms with E-state index < -0.39 is 6.04 Å². The quantitative estimate of drug-likeness (QED) is 0.685. The Bertz CT molecular complexity index is 206. The Balaban J connectivity index is 3.66. The van der Waals surface area contributed by atoms with Gasteiger partial charge in [-0.3, -0.25) is 4.79 Å². The molecule has 3 heteroatoms. The van der Waals surface area contributed by atoms with E-state index in [1.54, 1.807) is 0 Å². The number of hydrogen-bond acceptors (Lipinski definition) is 2. The molecule has 0 rings (SSSR count). The van der Waals surface area contributed by atoms with E-state index in [0.717, 1.165) is 18.9 Å². The molecule has 0 saturated carbocycles. The maximum atomic E-state index is 11.7. The zero-order valence-electron chi connectivity index (χ0n) is 11.5. The van der Waals surface area contributed by atoms with Gasteiger partial charge in [-0.1, -0.05) is 47.5 Å². The van der Waals surface area contributed by atoms with E-state index in [-0.39, 0.29) is 11.3 Å². The van der Waals surface area contributed by atoms with Gasteiger partial charge in [0.2, 0.25) is 5.91 Å². The predicted octanol–water partition coefficient (Wildman–Crippen LogP) is 2.30. The van der Waals surface area contributed by atoms with Gasteiger partial charge in [-0.05, 0) is 17.8 Å². The van der Waals surface area contributed by atoms with E-state index in [2.05, 4.69) is 19.2 Å². The third kappa shape index (κ3) is 6.83. The summed E-state index contributed by atoms with van der Waals surface area (Å²) in [6.45, 7) is 11.1. The molecule has 96 valence electrons. The maximum absolute atomic E-state index is 11.7. The summed E-state index contributed by atoms with van der Waals surface area (Å²) in [7, 11) is 0. The van der Waals surface area contributed by atoms with E-state index in [9.17, 15) is 4.79 Å². The van der Waals surface area contributed by atoms with Crippen molar-refractivity contribution in [1.29, 1.82) is 0 Å². The van der Waals surface area contributed by atoms with E-state index in [1.807, 2.05) is 20.8 Å². The normalized spacial score (nSPS) is 13.9. The zero-order chi connectivity index (χ0) is 12.8. The molecule has 0 aromatic heterocycles. The van der Waals surface area contributed by atoms with E-state index >= 15 is 0 Å². The molecule has 3 N–H and O–H groups in total. The van der Waals surface area contributed by atoms with E-state index in [1.165, 1.54) is 12.8 Å². The topological polar surface area (TPSA) is 55.1 Å². The number of carbonyl (C=O) groups is 1. The molecule has 16 heavy (non-hydrogen) atoms. The van der Waals surface area contributed by atoms with Crippen LogP contribution in [-0.4, -0.2) is 18.5 Å². The molecule has 0 bridgehead atoms. The Morgan fingerprint density at radius 3 is 2.25 bits per heavy atom. The fraction of sp³-hybridized carbons (Fsp3) is 0.923. The zero-order valence-corrected chi connectivity index (χ0v) is 11.5. The third-order valence-corrected chi connectivity index (χ3v) is 2.72. The van der Waals surface area contributed by atoms with Gasteiger partial charge in [0.15, 0.2) is 0 Å². The monoisotopic (exact) mass is 228 g/mol. The van der Waals surface area contributed by atoms with Gasteiger partial charge < -0.3 is 11.1 Å². The number of nitrogens with two attached hydrogens (primary N) is 1. The highest BCUT2D eigenvalue weighted by Crippen LogP contribution is 2.17. The first-order valence-corrected chi connectivity index (χ1v) is 6.28. The smallest absolute Gasteiger partial charge is 0.237 e. The van der Waals surface area contributed by atoms with Crippen LogP contribution in [0.25, 0.3) is 0 Å². The lowest BCUT2D eigenvalue weighted by Crippen LogP contribution is -2.48. The summed E-state index contributed by atoms with van der Waals surface area (Å²) >= 11 is 0. The molecule has 0 heterocycles. The number of hydrogen-bond donors (Lipinski definition) is 2. The lowest BCUT2D eigenvalue weighted by Gasteiger charge is -2.25. The lowest BCUT2D eigenvalue weighted by atomic mass is 9.87. The van der Waals surface area contributed by atoms with Crippen LogP contribution in [0.5, 0.6) is 0 Å². The van der Waals surface area contributed by atoms with Crippen molar-refractivity contribution in [2.45, 2.75) is 59.9 Å². The van der Waals surface area contributed by atoms with Crippen LogP contribution in [0.4, 0.5) is 0 Å². The SMILES string of the molecule is CC(C)CCCCNC(=O)[C@@H](N)C(C)(C)C.